The summed E-state index contributed by atoms with van der Waals surface area (Å²) < 4.78 is 2.13. The van der Waals surface area contributed by atoms with Crippen LogP contribution in [0.25, 0.3) is 16.2 Å². The van der Waals surface area contributed by atoms with E-state index < -0.39 is 0 Å². The van der Waals surface area contributed by atoms with Gasteiger partial charge in [-0.1, -0.05) is 13.8 Å². The molecule has 0 unspecified atom stereocenters. The number of fused-ring (bicyclic) bond motifs is 1. The maximum absolute atomic E-state index is 12.4. The number of hydrogen-bond donors (Lipinski definition) is 0. The molecule has 0 bridgehead atoms. The van der Waals surface area contributed by atoms with E-state index in [0.29, 0.717) is 12.3 Å². The predicted molar refractivity (Wildman–Crippen MR) is 121 cm³/mol. The highest BCUT2D eigenvalue weighted by Gasteiger charge is 2.24. The summed E-state index contributed by atoms with van der Waals surface area (Å²) in [6.07, 6.45) is 2.70. The number of hydrogen-bond acceptors (Lipinski definition) is 6. The molecule has 31 heavy (non-hydrogen) atoms. The van der Waals surface area contributed by atoms with Gasteiger partial charge in [0, 0.05) is 67.9 Å². The van der Waals surface area contributed by atoms with Gasteiger partial charge in [-0.15, -0.1) is 11.3 Å². The first kappa shape index (κ1) is 21.5. The first-order chi connectivity index (χ1) is 14.8. The van der Waals surface area contributed by atoms with E-state index in [9.17, 15) is 14.9 Å². The molecule has 0 spiro atoms. The van der Waals surface area contributed by atoms with Gasteiger partial charge in [-0.25, -0.2) is 4.98 Å². The van der Waals surface area contributed by atoms with Gasteiger partial charge in [0.15, 0.2) is 4.96 Å². The lowest BCUT2D eigenvalue weighted by molar-refractivity contribution is -0.384. The van der Waals surface area contributed by atoms with Crippen LogP contribution in [0.4, 0.5) is 5.69 Å². The molecule has 1 saturated heterocycles. The molecule has 0 atom stereocenters. The lowest BCUT2D eigenvalue weighted by Gasteiger charge is -2.35. The van der Waals surface area contributed by atoms with Crippen molar-refractivity contribution in [1.82, 2.24) is 19.2 Å². The molecule has 1 aliphatic heterocycles. The SMILES string of the molecule is Cc1cn2c(CN3CCN(C(=O)CC(C)C)CC3)c(-c3ccc([N+](=O)[O-])cc3)nc2s1. The van der Waals surface area contributed by atoms with Crippen LogP contribution >= 0.6 is 11.3 Å². The van der Waals surface area contributed by atoms with Gasteiger partial charge < -0.3 is 4.90 Å². The van der Waals surface area contributed by atoms with E-state index in [4.69, 9.17) is 4.98 Å². The summed E-state index contributed by atoms with van der Waals surface area (Å²) in [6.45, 7) is 10.0. The van der Waals surface area contributed by atoms with E-state index in [0.717, 1.165) is 54.6 Å². The van der Waals surface area contributed by atoms with Gasteiger partial charge in [-0.2, -0.15) is 0 Å². The molecular formula is C22H27N5O3S. The first-order valence-electron chi connectivity index (χ1n) is 10.5. The topological polar surface area (TPSA) is 84.0 Å². The second kappa shape index (κ2) is 8.76. The molecule has 0 radical (unpaired) electrons. The number of non-ortho nitro benzene ring substituents is 1. The number of amides is 1. The number of rotatable bonds is 6. The predicted octanol–water partition coefficient (Wildman–Crippen LogP) is 3.97. The van der Waals surface area contributed by atoms with E-state index >= 15 is 0 Å². The molecule has 3 aromatic rings. The average molecular weight is 442 g/mol. The van der Waals surface area contributed by atoms with Gasteiger partial charge in [0.05, 0.1) is 16.3 Å². The molecule has 4 rings (SSSR count). The number of benzene rings is 1. The number of piperazine rings is 1. The molecule has 1 amide bonds. The second-order valence-electron chi connectivity index (χ2n) is 8.46. The molecule has 3 heterocycles. The fourth-order valence-corrected chi connectivity index (χ4v) is 4.81. The number of nitrogens with zero attached hydrogens (tertiary/aromatic N) is 5. The Balaban J connectivity index is 1.55. The Labute approximate surface area is 185 Å². The molecule has 2 aromatic heterocycles. The molecule has 8 nitrogen and oxygen atoms in total. The quantitative estimate of drug-likeness (QED) is 0.427. The largest absolute Gasteiger partial charge is 0.340 e. The van der Waals surface area contributed by atoms with Crippen molar-refractivity contribution in [2.45, 2.75) is 33.7 Å². The lowest BCUT2D eigenvalue weighted by atomic mass is 10.1. The van der Waals surface area contributed by atoms with Crippen molar-refractivity contribution in [3.8, 4) is 11.3 Å². The lowest BCUT2D eigenvalue weighted by Crippen LogP contribution is -2.48. The zero-order valence-electron chi connectivity index (χ0n) is 18.1. The molecule has 1 fully saturated rings. The van der Waals surface area contributed by atoms with Crippen molar-refractivity contribution in [1.29, 1.82) is 0 Å². The van der Waals surface area contributed by atoms with E-state index in [2.05, 4.69) is 36.3 Å². The van der Waals surface area contributed by atoms with Gasteiger partial charge >= 0.3 is 0 Å². The molecule has 0 N–H and O–H groups in total. The Morgan fingerprint density at radius 2 is 1.87 bits per heavy atom. The number of nitro benzene ring substituents is 1. The van der Waals surface area contributed by atoms with Gasteiger partial charge in [0.2, 0.25) is 5.91 Å². The molecule has 9 heteroatoms. The van der Waals surface area contributed by atoms with Crippen LogP contribution in [0.1, 0.15) is 30.8 Å². The summed E-state index contributed by atoms with van der Waals surface area (Å²) >= 11 is 1.63. The highest BCUT2D eigenvalue weighted by Crippen LogP contribution is 2.30. The summed E-state index contributed by atoms with van der Waals surface area (Å²) in [5, 5.41) is 11.0. The van der Waals surface area contributed by atoms with Crippen LogP contribution in [0, 0.1) is 23.0 Å². The normalized spacial score (nSPS) is 15.2. The van der Waals surface area contributed by atoms with Crippen molar-refractivity contribution in [3.63, 3.8) is 0 Å². The van der Waals surface area contributed by atoms with Crippen molar-refractivity contribution >= 4 is 27.9 Å². The van der Waals surface area contributed by atoms with E-state index in [1.165, 1.54) is 17.0 Å². The zero-order valence-corrected chi connectivity index (χ0v) is 18.9. The van der Waals surface area contributed by atoms with Crippen LogP contribution in [-0.4, -0.2) is 56.2 Å². The third kappa shape index (κ3) is 4.62. The highest BCUT2D eigenvalue weighted by molar-refractivity contribution is 7.17. The summed E-state index contributed by atoms with van der Waals surface area (Å²) in [4.78, 5) is 34.2. The molecule has 164 valence electrons. The third-order valence-corrected chi connectivity index (χ3v) is 6.47. The van der Waals surface area contributed by atoms with Crippen molar-refractivity contribution < 1.29 is 9.72 Å². The minimum Gasteiger partial charge on any atom is -0.340 e. The Morgan fingerprint density at radius 3 is 2.48 bits per heavy atom. The van der Waals surface area contributed by atoms with Crippen LogP contribution < -0.4 is 0 Å². The molecule has 1 aliphatic rings. The standard InChI is InChI=1S/C22H27N5O3S/c1-15(2)12-20(28)25-10-8-24(9-11-25)14-19-21(23-22-26(19)13-16(3)31-22)17-4-6-18(7-5-17)27(29)30/h4-7,13,15H,8-12,14H2,1-3H3. The monoisotopic (exact) mass is 441 g/mol. The number of carbonyl (C=O) groups is 1. The minimum absolute atomic E-state index is 0.0735. The number of carbonyl (C=O) groups excluding carboxylic acids is 1. The number of aromatic nitrogens is 2. The number of aryl methyl sites for hydroxylation is 1. The van der Waals surface area contributed by atoms with Crippen LogP contribution in [0.5, 0.6) is 0 Å². The fourth-order valence-electron chi connectivity index (χ4n) is 3.97. The molecule has 1 aromatic carbocycles. The Bertz CT molecular complexity index is 1090. The first-order valence-corrected chi connectivity index (χ1v) is 11.4. The third-order valence-electron chi connectivity index (χ3n) is 5.57. The Morgan fingerprint density at radius 1 is 1.19 bits per heavy atom. The van der Waals surface area contributed by atoms with Crippen molar-refractivity contribution in [2.75, 3.05) is 26.2 Å². The molecule has 0 aliphatic carbocycles. The summed E-state index contributed by atoms with van der Waals surface area (Å²) in [6, 6.07) is 6.58. The summed E-state index contributed by atoms with van der Waals surface area (Å²) in [7, 11) is 0. The Hall–Kier alpha value is -2.78. The highest BCUT2D eigenvalue weighted by atomic mass is 32.1. The minimum atomic E-state index is -0.389. The fraction of sp³-hybridized carbons (Fsp3) is 0.455. The number of imidazole rings is 1. The van der Waals surface area contributed by atoms with Crippen LogP contribution in [0.15, 0.2) is 30.5 Å². The smallest absolute Gasteiger partial charge is 0.269 e. The van der Waals surface area contributed by atoms with Crippen LogP contribution in [0.2, 0.25) is 0 Å². The summed E-state index contributed by atoms with van der Waals surface area (Å²) in [5.74, 6) is 0.609. The van der Waals surface area contributed by atoms with Gasteiger partial charge in [-0.05, 0) is 25.0 Å². The second-order valence-corrected chi connectivity index (χ2v) is 9.67. The number of nitro groups is 1. The zero-order chi connectivity index (χ0) is 22.1. The molecular weight excluding hydrogens is 414 g/mol. The average Bonchev–Trinajstić information content (AvgIpc) is 3.25. The maximum Gasteiger partial charge on any atom is 0.269 e. The van der Waals surface area contributed by atoms with Gasteiger partial charge in [-0.3, -0.25) is 24.2 Å². The van der Waals surface area contributed by atoms with Crippen molar-refractivity contribution in [3.05, 3.63) is 51.1 Å². The van der Waals surface area contributed by atoms with E-state index in [-0.39, 0.29) is 16.5 Å². The van der Waals surface area contributed by atoms with Crippen LogP contribution in [-0.2, 0) is 11.3 Å². The van der Waals surface area contributed by atoms with E-state index in [1.807, 2.05) is 4.90 Å². The summed E-state index contributed by atoms with van der Waals surface area (Å²) in [5.41, 5.74) is 2.89. The van der Waals surface area contributed by atoms with Gasteiger partial charge in [0.25, 0.3) is 5.69 Å². The maximum atomic E-state index is 12.4. The van der Waals surface area contributed by atoms with Gasteiger partial charge in [0.1, 0.15) is 0 Å². The van der Waals surface area contributed by atoms with Crippen molar-refractivity contribution in [2.24, 2.45) is 5.92 Å². The number of thiazole rings is 1. The Kier molecular flexibility index (Phi) is 6.06. The van der Waals surface area contributed by atoms with Crippen LogP contribution in [0.3, 0.4) is 0 Å². The van der Waals surface area contributed by atoms with E-state index in [1.54, 1.807) is 23.5 Å². The molecule has 0 saturated carbocycles.